The molecule has 4 rings (SSSR count). The van der Waals surface area contributed by atoms with Gasteiger partial charge in [-0.1, -0.05) is 23.7 Å². The minimum atomic E-state index is -0.363. The molecule has 2 aliphatic rings. The summed E-state index contributed by atoms with van der Waals surface area (Å²) in [6.45, 7) is 5.66. The lowest BCUT2D eigenvalue weighted by molar-refractivity contribution is -0.122. The molecule has 7 heteroatoms. The van der Waals surface area contributed by atoms with Crippen molar-refractivity contribution in [2.24, 2.45) is 5.92 Å². The lowest BCUT2D eigenvalue weighted by atomic mass is 10.1. The molecule has 1 unspecified atom stereocenters. The van der Waals surface area contributed by atoms with E-state index in [1.807, 2.05) is 12.1 Å². The molecular formula is C23H27ClN4O2. The Labute approximate surface area is 182 Å². The Balaban J connectivity index is 1.31. The molecule has 0 aliphatic carbocycles. The predicted octanol–water partition coefficient (Wildman–Crippen LogP) is 3.08. The zero-order valence-electron chi connectivity index (χ0n) is 17.2. The summed E-state index contributed by atoms with van der Waals surface area (Å²) in [4.78, 5) is 31.5. The fourth-order valence-corrected chi connectivity index (χ4v) is 4.08. The second kappa shape index (κ2) is 9.16. The van der Waals surface area contributed by atoms with Gasteiger partial charge >= 0.3 is 0 Å². The molecular weight excluding hydrogens is 400 g/mol. The SMILES string of the molecule is CN1CCN(Cc2ccc(NC(=O)C3CC(=O)N(c4ccc(Cl)cc4)C3)cc2)CC1. The van der Waals surface area contributed by atoms with Crippen molar-refractivity contribution in [3.05, 3.63) is 59.1 Å². The van der Waals surface area contributed by atoms with Crippen molar-refractivity contribution in [2.45, 2.75) is 13.0 Å². The number of anilines is 2. The number of nitrogens with zero attached hydrogens (tertiary/aromatic N) is 3. The summed E-state index contributed by atoms with van der Waals surface area (Å²) in [5.41, 5.74) is 2.77. The average Bonchev–Trinajstić information content (AvgIpc) is 3.13. The van der Waals surface area contributed by atoms with Gasteiger partial charge < -0.3 is 15.1 Å². The Morgan fingerprint density at radius 3 is 2.37 bits per heavy atom. The van der Waals surface area contributed by atoms with Crippen molar-refractivity contribution in [1.29, 1.82) is 0 Å². The first-order valence-electron chi connectivity index (χ1n) is 10.3. The van der Waals surface area contributed by atoms with Gasteiger partial charge in [-0.2, -0.15) is 0 Å². The van der Waals surface area contributed by atoms with Gasteiger partial charge in [-0.15, -0.1) is 0 Å². The highest BCUT2D eigenvalue weighted by Gasteiger charge is 2.35. The second-order valence-corrected chi connectivity index (χ2v) is 8.58. The highest BCUT2D eigenvalue weighted by atomic mass is 35.5. The van der Waals surface area contributed by atoms with E-state index in [9.17, 15) is 9.59 Å². The zero-order chi connectivity index (χ0) is 21.1. The van der Waals surface area contributed by atoms with E-state index in [0.717, 1.165) is 44.1 Å². The first-order valence-corrected chi connectivity index (χ1v) is 10.7. The van der Waals surface area contributed by atoms with E-state index >= 15 is 0 Å². The Morgan fingerprint density at radius 1 is 1.03 bits per heavy atom. The third-order valence-corrected chi connectivity index (χ3v) is 6.11. The molecule has 2 aliphatic heterocycles. The molecule has 1 N–H and O–H groups in total. The first kappa shape index (κ1) is 20.8. The number of carbonyl (C=O) groups excluding carboxylic acids is 2. The monoisotopic (exact) mass is 426 g/mol. The van der Waals surface area contributed by atoms with E-state index in [4.69, 9.17) is 11.6 Å². The number of nitrogens with one attached hydrogen (secondary N) is 1. The van der Waals surface area contributed by atoms with Crippen LogP contribution in [0.2, 0.25) is 5.02 Å². The molecule has 2 saturated heterocycles. The minimum Gasteiger partial charge on any atom is -0.326 e. The van der Waals surface area contributed by atoms with Gasteiger partial charge in [0.2, 0.25) is 11.8 Å². The number of hydrogen-bond acceptors (Lipinski definition) is 4. The smallest absolute Gasteiger partial charge is 0.229 e. The Bertz CT molecular complexity index is 892. The van der Waals surface area contributed by atoms with Crippen LogP contribution >= 0.6 is 11.6 Å². The molecule has 2 amide bonds. The van der Waals surface area contributed by atoms with E-state index in [1.165, 1.54) is 5.56 Å². The number of piperazine rings is 1. The lowest BCUT2D eigenvalue weighted by Gasteiger charge is -2.32. The number of carbonyl (C=O) groups is 2. The fraction of sp³-hybridized carbons (Fsp3) is 0.391. The zero-order valence-corrected chi connectivity index (χ0v) is 17.9. The van der Waals surface area contributed by atoms with Gasteiger partial charge in [0.25, 0.3) is 0 Å². The van der Waals surface area contributed by atoms with Gasteiger partial charge in [0.15, 0.2) is 0 Å². The van der Waals surface area contributed by atoms with E-state index in [1.54, 1.807) is 29.2 Å². The maximum absolute atomic E-state index is 12.7. The van der Waals surface area contributed by atoms with Gasteiger partial charge in [0.05, 0.1) is 5.92 Å². The van der Waals surface area contributed by atoms with Crippen molar-refractivity contribution in [3.8, 4) is 0 Å². The largest absolute Gasteiger partial charge is 0.326 e. The molecule has 0 saturated carbocycles. The number of hydrogen-bond donors (Lipinski definition) is 1. The number of likely N-dealkylation sites (N-methyl/N-ethyl adjacent to an activating group) is 1. The average molecular weight is 427 g/mol. The van der Waals surface area contributed by atoms with Gasteiger partial charge in [-0.25, -0.2) is 0 Å². The van der Waals surface area contributed by atoms with Crippen molar-refractivity contribution in [3.63, 3.8) is 0 Å². The van der Waals surface area contributed by atoms with E-state index in [2.05, 4.69) is 34.3 Å². The Morgan fingerprint density at radius 2 is 1.70 bits per heavy atom. The van der Waals surface area contributed by atoms with Crippen molar-refractivity contribution in [2.75, 3.05) is 50.0 Å². The topological polar surface area (TPSA) is 55.9 Å². The van der Waals surface area contributed by atoms with E-state index in [-0.39, 0.29) is 24.2 Å². The van der Waals surface area contributed by atoms with Crippen molar-refractivity contribution >= 4 is 34.8 Å². The summed E-state index contributed by atoms with van der Waals surface area (Å²) in [5, 5.41) is 3.58. The molecule has 2 aromatic rings. The van der Waals surface area contributed by atoms with Crippen LogP contribution in [0.3, 0.4) is 0 Å². The molecule has 0 bridgehead atoms. The molecule has 158 valence electrons. The summed E-state index contributed by atoms with van der Waals surface area (Å²) < 4.78 is 0. The molecule has 1 atom stereocenters. The third kappa shape index (κ3) is 5.01. The summed E-state index contributed by atoms with van der Waals surface area (Å²) in [6.07, 6.45) is 0.218. The van der Waals surface area contributed by atoms with Crippen LogP contribution in [0.25, 0.3) is 0 Å². The van der Waals surface area contributed by atoms with Gasteiger partial charge in [0, 0.05) is 62.1 Å². The van der Waals surface area contributed by atoms with Crippen LogP contribution in [-0.4, -0.2) is 61.4 Å². The Hall–Kier alpha value is -2.41. The van der Waals surface area contributed by atoms with Crippen molar-refractivity contribution in [1.82, 2.24) is 9.80 Å². The number of benzene rings is 2. The van der Waals surface area contributed by atoms with Gasteiger partial charge in [-0.3, -0.25) is 14.5 Å². The summed E-state index contributed by atoms with van der Waals surface area (Å²) >= 11 is 5.92. The fourth-order valence-electron chi connectivity index (χ4n) is 3.96. The predicted molar refractivity (Wildman–Crippen MR) is 120 cm³/mol. The van der Waals surface area contributed by atoms with Crippen LogP contribution in [0, 0.1) is 5.92 Å². The molecule has 6 nitrogen and oxygen atoms in total. The van der Waals surface area contributed by atoms with Crippen molar-refractivity contribution < 1.29 is 9.59 Å². The van der Waals surface area contributed by atoms with E-state index < -0.39 is 0 Å². The molecule has 2 fully saturated rings. The summed E-state index contributed by atoms with van der Waals surface area (Å²) in [5.74, 6) is -0.523. The highest BCUT2D eigenvalue weighted by molar-refractivity contribution is 6.30. The molecule has 2 aromatic carbocycles. The van der Waals surface area contributed by atoms with Crippen LogP contribution < -0.4 is 10.2 Å². The minimum absolute atomic E-state index is 0.0417. The molecule has 0 aromatic heterocycles. The maximum Gasteiger partial charge on any atom is 0.229 e. The summed E-state index contributed by atoms with van der Waals surface area (Å²) in [6, 6.07) is 15.1. The third-order valence-electron chi connectivity index (χ3n) is 5.86. The molecule has 0 radical (unpaired) electrons. The molecule has 0 spiro atoms. The first-order chi connectivity index (χ1) is 14.5. The quantitative estimate of drug-likeness (QED) is 0.798. The van der Waals surface area contributed by atoms with Gasteiger partial charge in [0.1, 0.15) is 0 Å². The van der Waals surface area contributed by atoms with Gasteiger partial charge in [-0.05, 0) is 49.0 Å². The second-order valence-electron chi connectivity index (χ2n) is 8.15. The summed E-state index contributed by atoms with van der Waals surface area (Å²) in [7, 11) is 2.15. The Kier molecular flexibility index (Phi) is 6.37. The van der Waals surface area contributed by atoms with Crippen LogP contribution in [0.4, 0.5) is 11.4 Å². The lowest BCUT2D eigenvalue weighted by Crippen LogP contribution is -2.43. The maximum atomic E-state index is 12.7. The number of halogens is 1. The number of rotatable bonds is 5. The van der Waals surface area contributed by atoms with Crippen LogP contribution in [0.5, 0.6) is 0 Å². The van der Waals surface area contributed by atoms with Crippen LogP contribution in [-0.2, 0) is 16.1 Å². The molecule has 30 heavy (non-hydrogen) atoms. The normalized spacial score (nSPS) is 20.5. The van der Waals surface area contributed by atoms with Crippen LogP contribution in [0.15, 0.2) is 48.5 Å². The standard InChI is InChI=1S/C23H27ClN4O2/c1-26-10-12-27(13-11-26)15-17-2-6-20(7-3-17)25-23(30)18-14-22(29)28(16-18)21-8-4-19(24)5-9-21/h2-9,18H,10-16H2,1H3,(H,25,30). The molecule has 2 heterocycles. The highest BCUT2D eigenvalue weighted by Crippen LogP contribution is 2.27. The van der Waals surface area contributed by atoms with E-state index in [0.29, 0.717) is 11.6 Å². The number of amides is 2. The van der Waals surface area contributed by atoms with Crippen LogP contribution in [0.1, 0.15) is 12.0 Å².